The first-order chi connectivity index (χ1) is 14.8. The van der Waals surface area contributed by atoms with Gasteiger partial charge in [0.2, 0.25) is 10.0 Å². The fourth-order valence-electron chi connectivity index (χ4n) is 3.58. The number of benzene rings is 1. The van der Waals surface area contributed by atoms with Gasteiger partial charge in [0.25, 0.3) is 11.8 Å². The maximum Gasteiger partial charge on any atom is 0.256 e. The third-order valence-corrected chi connectivity index (χ3v) is 8.12. The second-order valence-electron chi connectivity index (χ2n) is 7.16. The van der Waals surface area contributed by atoms with Crippen LogP contribution in [0.25, 0.3) is 0 Å². The summed E-state index contributed by atoms with van der Waals surface area (Å²) in [5.41, 5.74) is 7.17. The van der Waals surface area contributed by atoms with Crippen molar-refractivity contribution >= 4 is 38.2 Å². The molecule has 0 saturated carbocycles. The Labute approximate surface area is 186 Å². The molecule has 0 aliphatic heterocycles. The Morgan fingerprint density at radius 3 is 2.29 bits per heavy atom. The number of aryl methyl sites for hydroxylation is 1. The summed E-state index contributed by atoms with van der Waals surface area (Å²) in [6.07, 6.45) is 6.68. The van der Waals surface area contributed by atoms with Crippen molar-refractivity contribution in [1.82, 2.24) is 4.31 Å². The van der Waals surface area contributed by atoms with Crippen molar-refractivity contribution in [2.24, 2.45) is 5.73 Å². The number of amides is 2. The van der Waals surface area contributed by atoms with Gasteiger partial charge in [0, 0.05) is 23.5 Å². The van der Waals surface area contributed by atoms with Crippen molar-refractivity contribution < 1.29 is 18.0 Å². The predicted octanol–water partition coefficient (Wildman–Crippen LogP) is 3.34. The summed E-state index contributed by atoms with van der Waals surface area (Å²) in [4.78, 5) is 25.9. The fraction of sp³-hybridized carbons (Fsp3) is 0.273. The number of nitrogens with zero attached hydrogens (tertiary/aromatic N) is 1. The van der Waals surface area contributed by atoms with Crippen LogP contribution in [-0.4, -0.2) is 37.6 Å². The topological polar surface area (TPSA) is 110 Å². The zero-order chi connectivity index (χ0) is 22.6. The van der Waals surface area contributed by atoms with Crippen LogP contribution in [0.1, 0.15) is 44.0 Å². The van der Waals surface area contributed by atoms with Crippen LogP contribution in [0.5, 0.6) is 0 Å². The number of hydrogen-bond donors (Lipinski definition) is 2. The van der Waals surface area contributed by atoms with Gasteiger partial charge in [-0.2, -0.15) is 4.31 Å². The van der Waals surface area contributed by atoms with E-state index in [2.05, 4.69) is 18.5 Å². The van der Waals surface area contributed by atoms with Gasteiger partial charge in [-0.1, -0.05) is 12.2 Å². The predicted molar refractivity (Wildman–Crippen MR) is 123 cm³/mol. The minimum Gasteiger partial charge on any atom is -0.365 e. The van der Waals surface area contributed by atoms with E-state index in [0.29, 0.717) is 10.6 Å². The van der Waals surface area contributed by atoms with Crippen molar-refractivity contribution in [3.63, 3.8) is 0 Å². The zero-order valence-corrected chi connectivity index (χ0v) is 18.7. The van der Waals surface area contributed by atoms with Gasteiger partial charge < -0.3 is 11.1 Å². The van der Waals surface area contributed by atoms with E-state index in [4.69, 9.17) is 5.73 Å². The van der Waals surface area contributed by atoms with Crippen molar-refractivity contribution in [3.05, 3.63) is 71.1 Å². The SMILES string of the molecule is C=CCN(CC=C)S(=O)(=O)c1ccc(C(=O)Nc2sc3c(c2C(N)=O)CCCC3)cc1. The quantitative estimate of drug-likeness (QED) is 0.561. The second kappa shape index (κ2) is 9.59. The molecule has 2 amide bonds. The number of anilines is 1. The standard InChI is InChI=1S/C22H25N3O4S2/c1-3-13-25(14-4-2)31(28,29)16-11-9-15(10-12-16)21(27)24-22-19(20(23)26)17-7-5-6-8-18(17)30-22/h3-4,9-12H,1-2,5-8,13-14H2,(H2,23,26)(H,24,27). The third kappa shape index (κ3) is 4.79. The summed E-state index contributed by atoms with van der Waals surface area (Å²) in [5, 5.41) is 3.23. The lowest BCUT2D eigenvalue weighted by Gasteiger charge is -2.19. The van der Waals surface area contributed by atoms with Crippen molar-refractivity contribution in [1.29, 1.82) is 0 Å². The summed E-state index contributed by atoms with van der Waals surface area (Å²) in [6.45, 7) is 7.47. The average Bonchev–Trinajstić information content (AvgIpc) is 3.11. The molecule has 9 heteroatoms. The first-order valence-corrected chi connectivity index (χ1v) is 12.1. The normalized spacial score (nSPS) is 13.5. The Kier molecular flexibility index (Phi) is 7.09. The minimum atomic E-state index is -3.75. The number of fused-ring (bicyclic) bond motifs is 1. The molecule has 0 atom stereocenters. The van der Waals surface area contributed by atoms with Crippen LogP contribution in [0.3, 0.4) is 0 Å². The van der Waals surface area contributed by atoms with E-state index in [9.17, 15) is 18.0 Å². The maximum absolute atomic E-state index is 12.8. The highest BCUT2D eigenvalue weighted by Gasteiger charge is 2.26. The Balaban J connectivity index is 1.83. The van der Waals surface area contributed by atoms with Crippen LogP contribution in [0.15, 0.2) is 54.5 Å². The summed E-state index contributed by atoms with van der Waals surface area (Å²) < 4.78 is 26.8. The van der Waals surface area contributed by atoms with Crippen LogP contribution in [-0.2, 0) is 22.9 Å². The number of nitrogens with one attached hydrogen (secondary N) is 1. The number of primary amides is 1. The highest BCUT2D eigenvalue weighted by Crippen LogP contribution is 2.38. The number of thiophene rings is 1. The minimum absolute atomic E-state index is 0.0668. The van der Waals surface area contributed by atoms with E-state index in [1.165, 1.54) is 52.1 Å². The summed E-state index contributed by atoms with van der Waals surface area (Å²) >= 11 is 1.38. The van der Waals surface area contributed by atoms with Crippen LogP contribution in [0.2, 0.25) is 0 Å². The van der Waals surface area contributed by atoms with Crippen LogP contribution >= 0.6 is 11.3 Å². The van der Waals surface area contributed by atoms with Crippen LogP contribution < -0.4 is 11.1 Å². The smallest absolute Gasteiger partial charge is 0.256 e. The molecule has 0 bridgehead atoms. The van der Waals surface area contributed by atoms with E-state index < -0.39 is 21.8 Å². The lowest BCUT2D eigenvalue weighted by atomic mass is 9.95. The first-order valence-electron chi connectivity index (χ1n) is 9.87. The Morgan fingerprint density at radius 1 is 1.10 bits per heavy atom. The van der Waals surface area contributed by atoms with Gasteiger partial charge in [-0.3, -0.25) is 9.59 Å². The zero-order valence-electron chi connectivity index (χ0n) is 17.1. The molecule has 0 radical (unpaired) electrons. The van der Waals surface area contributed by atoms with E-state index in [0.717, 1.165) is 36.1 Å². The summed E-state index contributed by atoms with van der Waals surface area (Å²) in [6, 6.07) is 5.66. The molecule has 1 heterocycles. The third-order valence-electron chi connectivity index (χ3n) is 5.06. The lowest BCUT2D eigenvalue weighted by molar-refractivity contribution is 0.100. The maximum atomic E-state index is 12.8. The molecular formula is C22H25N3O4S2. The van der Waals surface area contributed by atoms with Crippen molar-refractivity contribution in [2.75, 3.05) is 18.4 Å². The summed E-state index contributed by atoms with van der Waals surface area (Å²) in [7, 11) is -3.75. The van der Waals surface area contributed by atoms with Gasteiger partial charge in [0.05, 0.1) is 10.5 Å². The van der Waals surface area contributed by atoms with Gasteiger partial charge in [-0.15, -0.1) is 24.5 Å². The molecule has 0 saturated heterocycles. The molecule has 1 aromatic carbocycles. The fourth-order valence-corrected chi connectivity index (χ4v) is 6.25. The summed E-state index contributed by atoms with van der Waals surface area (Å²) in [5.74, 6) is -0.986. The van der Waals surface area contributed by atoms with Crippen LogP contribution in [0, 0.1) is 0 Å². The number of hydrogen-bond acceptors (Lipinski definition) is 5. The van der Waals surface area contributed by atoms with Gasteiger partial charge in [0.15, 0.2) is 0 Å². The Morgan fingerprint density at radius 2 is 1.71 bits per heavy atom. The molecule has 1 aliphatic rings. The number of rotatable bonds is 9. The van der Waals surface area contributed by atoms with E-state index >= 15 is 0 Å². The molecule has 7 nitrogen and oxygen atoms in total. The molecule has 0 spiro atoms. The average molecular weight is 460 g/mol. The molecule has 0 fully saturated rings. The molecule has 31 heavy (non-hydrogen) atoms. The number of carbonyl (C=O) groups is 2. The molecule has 3 N–H and O–H groups in total. The molecule has 164 valence electrons. The molecule has 1 aliphatic carbocycles. The van der Waals surface area contributed by atoms with E-state index in [1.54, 1.807) is 0 Å². The molecule has 0 unspecified atom stereocenters. The molecule has 1 aromatic heterocycles. The van der Waals surface area contributed by atoms with Crippen LogP contribution in [0.4, 0.5) is 5.00 Å². The number of sulfonamides is 1. The van der Waals surface area contributed by atoms with Crippen molar-refractivity contribution in [2.45, 2.75) is 30.6 Å². The van der Waals surface area contributed by atoms with E-state index in [1.807, 2.05) is 0 Å². The number of carbonyl (C=O) groups excluding carboxylic acids is 2. The number of nitrogens with two attached hydrogens (primary N) is 1. The van der Waals surface area contributed by atoms with Gasteiger partial charge in [-0.25, -0.2) is 8.42 Å². The second-order valence-corrected chi connectivity index (χ2v) is 10.2. The van der Waals surface area contributed by atoms with Crippen molar-refractivity contribution in [3.8, 4) is 0 Å². The first kappa shape index (κ1) is 22.9. The van der Waals surface area contributed by atoms with E-state index in [-0.39, 0.29) is 23.5 Å². The molecule has 3 rings (SSSR count). The van der Waals surface area contributed by atoms with Gasteiger partial charge >= 0.3 is 0 Å². The highest BCUT2D eigenvalue weighted by molar-refractivity contribution is 7.89. The Hall–Kier alpha value is -2.75. The lowest BCUT2D eigenvalue weighted by Crippen LogP contribution is -2.31. The monoisotopic (exact) mass is 459 g/mol. The highest BCUT2D eigenvalue weighted by atomic mass is 32.2. The Bertz CT molecular complexity index is 1110. The molecular weight excluding hydrogens is 434 g/mol. The molecule has 2 aromatic rings. The van der Waals surface area contributed by atoms with Gasteiger partial charge in [-0.05, 0) is 55.5 Å². The van der Waals surface area contributed by atoms with Gasteiger partial charge in [0.1, 0.15) is 5.00 Å². The largest absolute Gasteiger partial charge is 0.365 e.